The molecule has 1 aliphatic carbocycles. The predicted octanol–water partition coefficient (Wildman–Crippen LogP) is 16.2. The van der Waals surface area contributed by atoms with Crippen LogP contribution in [0.15, 0.2) is 194 Å². The fourth-order valence-electron chi connectivity index (χ4n) is 8.95. The zero-order valence-corrected chi connectivity index (χ0v) is 32.3. The molecule has 270 valence electrons. The van der Waals surface area contributed by atoms with E-state index in [0.29, 0.717) is 5.92 Å². The molecule has 0 atom stereocenters. The van der Waals surface area contributed by atoms with Crippen molar-refractivity contribution in [2.24, 2.45) is 0 Å². The SMILES string of the molecule is c1ccc(-c2cccc(-c3ccccc3)c2-c2ccc(N(c3ccc4c(c3)sc3ccccc34)c3ccccc3-c3cccc(C4CCCCC4)c3)cc2)cc1. The third-order valence-corrected chi connectivity index (χ3v) is 12.8. The lowest BCUT2D eigenvalue weighted by Gasteiger charge is -2.29. The smallest absolute Gasteiger partial charge is 0.0540 e. The summed E-state index contributed by atoms with van der Waals surface area (Å²) in [5.41, 5.74) is 14.8. The summed E-state index contributed by atoms with van der Waals surface area (Å²) >= 11 is 1.87. The van der Waals surface area contributed by atoms with Gasteiger partial charge in [-0.25, -0.2) is 0 Å². The van der Waals surface area contributed by atoms with Gasteiger partial charge in [0.05, 0.1) is 5.69 Å². The van der Waals surface area contributed by atoms with E-state index in [1.165, 1.54) is 108 Å². The molecule has 0 saturated heterocycles. The molecule has 0 aliphatic heterocycles. The van der Waals surface area contributed by atoms with Crippen molar-refractivity contribution in [3.05, 3.63) is 200 Å². The Bertz CT molecular complexity index is 2720. The van der Waals surface area contributed by atoms with Gasteiger partial charge in [-0.15, -0.1) is 11.3 Å². The van der Waals surface area contributed by atoms with Crippen molar-refractivity contribution in [1.82, 2.24) is 0 Å². The Morgan fingerprint density at radius 1 is 0.393 bits per heavy atom. The Balaban J connectivity index is 1.14. The summed E-state index contributed by atoms with van der Waals surface area (Å²) in [7, 11) is 0. The summed E-state index contributed by atoms with van der Waals surface area (Å²) in [6.07, 6.45) is 6.61. The number of para-hydroxylation sites is 1. The van der Waals surface area contributed by atoms with Crippen LogP contribution >= 0.6 is 11.3 Å². The Morgan fingerprint density at radius 3 is 1.73 bits per heavy atom. The van der Waals surface area contributed by atoms with Gasteiger partial charge in [-0.05, 0) is 99.7 Å². The first-order valence-electron chi connectivity index (χ1n) is 20.0. The topological polar surface area (TPSA) is 3.24 Å². The van der Waals surface area contributed by atoms with Crippen LogP contribution in [-0.4, -0.2) is 0 Å². The maximum absolute atomic E-state index is 2.47. The van der Waals surface area contributed by atoms with Crippen LogP contribution in [-0.2, 0) is 0 Å². The van der Waals surface area contributed by atoms with Gasteiger partial charge in [0.1, 0.15) is 0 Å². The van der Waals surface area contributed by atoms with Crippen LogP contribution in [0.3, 0.4) is 0 Å². The van der Waals surface area contributed by atoms with E-state index in [1.807, 2.05) is 11.3 Å². The number of rotatable bonds is 8. The van der Waals surface area contributed by atoms with E-state index >= 15 is 0 Å². The largest absolute Gasteiger partial charge is 0.310 e. The van der Waals surface area contributed by atoms with Gasteiger partial charge in [-0.1, -0.05) is 177 Å². The van der Waals surface area contributed by atoms with Crippen LogP contribution in [0.1, 0.15) is 43.6 Å². The lowest BCUT2D eigenvalue weighted by Crippen LogP contribution is -2.11. The lowest BCUT2D eigenvalue weighted by molar-refractivity contribution is 0.444. The first-order chi connectivity index (χ1) is 27.8. The molecule has 0 amide bonds. The van der Waals surface area contributed by atoms with E-state index in [-0.39, 0.29) is 0 Å². The average molecular weight is 738 g/mol. The van der Waals surface area contributed by atoms with Crippen LogP contribution < -0.4 is 4.90 Å². The first-order valence-corrected chi connectivity index (χ1v) is 20.9. The fraction of sp³-hybridized carbons (Fsp3) is 0.111. The fourth-order valence-corrected chi connectivity index (χ4v) is 10.1. The molecule has 9 aromatic rings. The molecule has 1 fully saturated rings. The highest BCUT2D eigenvalue weighted by molar-refractivity contribution is 7.25. The Labute approximate surface area is 334 Å². The van der Waals surface area contributed by atoms with Crippen LogP contribution in [0.2, 0.25) is 0 Å². The molecule has 1 heterocycles. The molecule has 56 heavy (non-hydrogen) atoms. The van der Waals surface area contributed by atoms with Gasteiger partial charge < -0.3 is 4.90 Å². The Morgan fingerprint density at radius 2 is 0.982 bits per heavy atom. The number of thiophene rings is 1. The number of hydrogen-bond donors (Lipinski definition) is 0. The second-order valence-corrected chi connectivity index (χ2v) is 16.2. The summed E-state index contributed by atoms with van der Waals surface area (Å²) < 4.78 is 2.62. The van der Waals surface area contributed by atoms with Gasteiger partial charge >= 0.3 is 0 Å². The molecule has 0 spiro atoms. The molecule has 1 aromatic heterocycles. The van der Waals surface area contributed by atoms with E-state index < -0.39 is 0 Å². The van der Waals surface area contributed by atoms with E-state index in [0.717, 1.165) is 11.4 Å². The highest BCUT2D eigenvalue weighted by Crippen LogP contribution is 2.46. The first kappa shape index (κ1) is 34.3. The molecule has 1 aliphatic rings. The average Bonchev–Trinajstić information content (AvgIpc) is 3.66. The molecule has 10 rings (SSSR count). The predicted molar refractivity (Wildman–Crippen MR) is 242 cm³/mol. The number of hydrogen-bond acceptors (Lipinski definition) is 2. The van der Waals surface area contributed by atoms with Crippen molar-refractivity contribution >= 4 is 48.6 Å². The summed E-state index contributed by atoms with van der Waals surface area (Å²) in [6.45, 7) is 0. The Hall–Kier alpha value is -6.22. The van der Waals surface area contributed by atoms with Gasteiger partial charge in [-0.2, -0.15) is 0 Å². The van der Waals surface area contributed by atoms with Crippen LogP contribution in [0.25, 0.3) is 64.7 Å². The molecule has 0 bridgehead atoms. The van der Waals surface area contributed by atoms with Crippen molar-refractivity contribution in [3.8, 4) is 44.5 Å². The number of fused-ring (bicyclic) bond motifs is 3. The van der Waals surface area contributed by atoms with Crippen LogP contribution in [0.5, 0.6) is 0 Å². The summed E-state index contributed by atoms with van der Waals surface area (Å²) in [6, 6.07) is 71.7. The highest BCUT2D eigenvalue weighted by atomic mass is 32.1. The zero-order chi connectivity index (χ0) is 37.3. The summed E-state index contributed by atoms with van der Waals surface area (Å²) in [5.74, 6) is 0.648. The normalized spacial score (nSPS) is 13.3. The van der Waals surface area contributed by atoms with Crippen molar-refractivity contribution < 1.29 is 0 Å². The third-order valence-electron chi connectivity index (χ3n) is 11.7. The number of nitrogens with zero attached hydrogens (tertiary/aromatic N) is 1. The van der Waals surface area contributed by atoms with Crippen molar-refractivity contribution in [1.29, 1.82) is 0 Å². The van der Waals surface area contributed by atoms with Gasteiger partial charge in [0.25, 0.3) is 0 Å². The molecule has 1 saturated carbocycles. The number of anilines is 3. The monoisotopic (exact) mass is 737 g/mol. The van der Waals surface area contributed by atoms with E-state index in [1.54, 1.807) is 0 Å². The van der Waals surface area contributed by atoms with E-state index in [2.05, 4.69) is 199 Å². The zero-order valence-electron chi connectivity index (χ0n) is 31.4. The quantitative estimate of drug-likeness (QED) is 0.150. The lowest BCUT2D eigenvalue weighted by atomic mass is 9.83. The van der Waals surface area contributed by atoms with Crippen molar-refractivity contribution in [2.75, 3.05) is 4.90 Å². The van der Waals surface area contributed by atoms with E-state index in [9.17, 15) is 0 Å². The molecular formula is C54H43NS. The molecule has 0 N–H and O–H groups in total. The van der Waals surface area contributed by atoms with Gasteiger partial charge in [-0.3, -0.25) is 0 Å². The van der Waals surface area contributed by atoms with Gasteiger partial charge in [0.2, 0.25) is 0 Å². The van der Waals surface area contributed by atoms with Gasteiger partial charge in [0, 0.05) is 37.1 Å². The second kappa shape index (κ2) is 15.1. The van der Waals surface area contributed by atoms with Crippen LogP contribution in [0.4, 0.5) is 17.1 Å². The molecule has 0 unspecified atom stereocenters. The molecule has 8 aromatic carbocycles. The Kier molecular flexibility index (Phi) is 9.27. The van der Waals surface area contributed by atoms with Crippen molar-refractivity contribution in [3.63, 3.8) is 0 Å². The van der Waals surface area contributed by atoms with Crippen molar-refractivity contribution in [2.45, 2.75) is 38.0 Å². The third kappa shape index (κ3) is 6.51. The molecular weight excluding hydrogens is 695 g/mol. The molecule has 0 radical (unpaired) electrons. The number of benzene rings is 8. The van der Waals surface area contributed by atoms with E-state index in [4.69, 9.17) is 0 Å². The van der Waals surface area contributed by atoms with Gasteiger partial charge in [0.15, 0.2) is 0 Å². The second-order valence-electron chi connectivity index (χ2n) is 15.1. The molecule has 1 nitrogen and oxygen atoms in total. The summed E-state index contributed by atoms with van der Waals surface area (Å²) in [5, 5.41) is 2.63. The standard InChI is InChI=1S/C54H43NS/c1-4-16-38(17-5-1)42-22-14-23-43(36-42)46-24-10-12-28-51(46)55(45-34-35-50-49-25-11-13-29-52(49)56-53(50)37-45)44-32-30-41(31-33-44)54-47(39-18-6-2-7-19-39)26-15-27-48(54)40-20-8-3-9-21-40/h2-3,6-15,18-38H,1,4-5,16-17H2. The maximum atomic E-state index is 2.47. The highest BCUT2D eigenvalue weighted by Gasteiger charge is 2.21. The molecule has 2 heteroatoms. The minimum atomic E-state index is 0.648. The minimum absolute atomic E-state index is 0.648. The van der Waals surface area contributed by atoms with Crippen LogP contribution in [0, 0.1) is 0 Å². The summed E-state index contributed by atoms with van der Waals surface area (Å²) in [4.78, 5) is 2.47. The minimum Gasteiger partial charge on any atom is -0.310 e. The maximum Gasteiger partial charge on any atom is 0.0540 e.